The highest BCUT2D eigenvalue weighted by Gasteiger charge is 2.34. The van der Waals surface area contributed by atoms with Crippen LogP contribution in [-0.4, -0.2) is 11.5 Å². The molecule has 1 aliphatic rings. The number of pyridine rings is 1. The fourth-order valence-electron chi connectivity index (χ4n) is 2.41. The molecule has 1 aromatic heterocycles. The average Bonchev–Trinajstić information content (AvgIpc) is 2.25. The standard InChI is InChI=1S/C14H22N2/c1-3-14(7-4-8-14)11-15-9-13-6-5-12(2)16-10-13/h5-6,10,15H,3-4,7-9,11H2,1-2H3. The lowest BCUT2D eigenvalue weighted by atomic mass is 9.67. The minimum atomic E-state index is 0.609. The van der Waals surface area contributed by atoms with E-state index in [-0.39, 0.29) is 0 Å². The van der Waals surface area contributed by atoms with Gasteiger partial charge in [0.25, 0.3) is 0 Å². The second-order valence-corrected chi connectivity index (χ2v) is 5.12. The number of nitrogens with one attached hydrogen (secondary N) is 1. The average molecular weight is 218 g/mol. The zero-order valence-electron chi connectivity index (χ0n) is 10.4. The molecule has 1 aliphatic carbocycles. The van der Waals surface area contributed by atoms with Crippen LogP contribution in [-0.2, 0) is 6.54 Å². The Morgan fingerprint density at radius 3 is 2.69 bits per heavy atom. The molecule has 0 aromatic carbocycles. The maximum absolute atomic E-state index is 4.31. The molecule has 2 nitrogen and oxygen atoms in total. The number of hydrogen-bond acceptors (Lipinski definition) is 2. The van der Waals surface area contributed by atoms with Gasteiger partial charge in [0.15, 0.2) is 0 Å². The Kier molecular flexibility index (Phi) is 3.59. The van der Waals surface area contributed by atoms with Crippen LogP contribution in [0.15, 0.2) is 18.3 Å². The molecule has 0 aliphatic heterocycles. The van der Waals surface area contributed by atoms with Crippen molar-refractivity contribution in [3.63, 3.8) is 0 Å². The zero-order valence-corrected chi connectivity index (χ0v) is 10.4. The number of rotatable bonds is 5. The van der Waals surface area contributed by atoms with E-state index in [4.69, 9.17) is 0 Å². The SMILES string of the molecule is CCC1(CNCc2ccc(C)nc2)CCC1. The normalized spacial score (nSPS) is 18.1. The van der Waals surface area contributed by atoms with Crippen LogP contribution in [0.5, 0.6) is 0 Å². The Morgan fingerprint density at radius 1 is 1.38 bits per heavy atom. The van der Waals surface area contributed by atoms with Gasteiger partial charge in [0.05, 0.1) is 0 Å². The molecular weight excluding hydrogens is 196 g/mol. The monoisotopic (exact) mass is 218 g/mol. The Bertz CT molecular complexity index is 320. The van der Waals surface area contributed by atoms with Crippen molar-refractivity contribution in [1.82, 2.24) is 10.3 Å². The molecule has 1 aromatic rings. The Hall–Kier alpha value is -0.890. The van der Waals surface area contributed by atoms with Gasteiger partial charge < -0.3 is 5.32 Å². The summed E-state index contributed by atoms with van der Waals surface area (Å²) in [6, 6.07) is 4.24. The summed E-state index contributed by atoms with van der Waals surface area (Å²) >= 11 is 0. The first-order valence-electron chi connectivity index (χ1n) is 6.36. The first-order chi connectivity index (χ1) is 7.74. The quantitative estimate of drug-likeness (QED) is 0.821. The molecule has 0 amide bonds. The van der Waals surface area contributed by atoms with Gasteiger partial charge in [-0.25, -0.2) is 0 Å². The molecule has 0 unspecified atom stereocenters. The lowest BCUT2D eigenvalue weighted by Crippen LogP contribution is -2.39. The Balaban J connectivity index is 1.77. The molecule has 2 rings (SSSR count). The summed E-state index contributed by atoms with van der Waals surface area (Å²) in [5.74, 6) is 0. The zero-order chi connectivity index (χ0) is 11.4. The van der Waals surface area contributed by atoms with E-state index in [1.165, 1.54) is 31.2 Å². The van der Waals surface area contributed by atoms with Gasteiger partial charge in [0.1, 0.15) is 0 Å². The Labute approximate surface area is 98.5 Å². The third kappa shape index (κ3) is 2.62. The van der Waals surface area contributed by atoms with Gasteiger partial charge in [-0.3, -0.25) is 4.98 Å². The minimum Gasteiger partial charge on any atom is -0.312 e. The van der Waals surface area contributed by atoms with Crippen LogP contribution in [0, 0.1) is 12.3 Å². The summed E-state index contributed by atoms with van der Waals surface area (Å²) in [5.41, 5.74) is 2.99. The van der Waals surface area contributed by atoms with Crippen molar-refractivity contribution in [3.8, 4) is 0 Å². The fraction of sp³-hybridized carbons (Fsp3) is 0.643. The van der Waals surface area contributed by atoms with Gasteiger partial charge in [0.2, 0.25) is 0 Å². The Morgan fingerprint density at radius 2 is 2.19 bits per heavy atom. The van der Waals surface area contributed by atoms with Crippen molar-refractivity contribution in [2.24, 2.45) is 5.41 Å². The molecule has 0 saturated heterocycles. The maximum atomic E-state index is 4.31. The molecule has 0 radical (unpaired) electrons. The number of nitrogens with zero attached hydrogens (tertiary/aromatic N) is 1. The second-order valence-electron chi connectivity index (χ2n) is 5.12. The molecule has 1 fully saturated rings. The first-order valence-corrected chi connectivity index (χ1v) is 6.36. The largest absolute Gasteiger partial charge is 0.312 e. The molecule has 1 heterocycles. The van der Waals surface area contributed by atoms with Crippen LogP contribution >= 0.6 is 0 Å². The smallest absolute Gasteiger partial charge is 0.0372 e. The van der Waals surface area contributed by atoms with Gasteiger partial charge in [-0.05, 0) is 43.2 Å². The predicted molar refractivity (Wildman–Crippen MR) is 67.3 cm³/mol. The molecule has 0 bridgehead atoms. The van der Waals surface area contributed by atoms with Gasteiger partial charge in [0, 0.05) is 25.0 Å². The van der Waals surface area contributed by atoms with Crippen molar-refractivity contribution in [3.05, 3.63) is 29.6 Å². The molecule has 1 N–H and O–H groups in total. The lowest BCUT2D eigenvalue weighted by Gasteiger charge is -2.41. The van der Waals surface area contributed by atoms with Crippen molar-refractivity contribution < 1.29 is 0 Å². The third-order valence-electron chi connectivity index (χ3n) is 3.97. The van der Waals surface area contributed by atoms with Crippen LogP contribution in [0.1, 0.15) is 43.9 Å². The number of aryl methyl sites for hydroxylation is 1. The summed E-state index contributed by atoms with van der Waals surface area (Å²) in [4.78, 5) is 4.31. The van der Waals surface area contributed by atoms with E-state index < -0.39 is 0 Å². The second kappa shape index (κ2) is 4.96. The van der Waals surface area contributed by atoms with E-state index in [1.54, 1.807) is 0 Å². The third-order valence-corrected chi connectivity index (χ3v) is 3.97. The van der Waals surface area contributed by atoms with Crippen LogP contribution in [0.2, 0.25) is 0 Å². The highest BCUT2D eigenvalue weighted by molar-refractivity contribution is 5.12. The van der Waals surface area contributed by atoms with E-state index >= 15 is 0 Å². The van der Waals surface area contributed by atoms with Crippen LogP contribution < -0.4 is 5.32 Å². The van der Waals surface area contributed by atoms with Gasteiger partial charge in [-0.1, -0.05) is 19.4 Å². The topological polar surface area (TPSA) is 24.9 Å². The molecule has 16 heavy (non-hydrogen) atoms. The summed E-state index contributed by atoms with van der Waals surface area (Å²) in [6.07, 6.45) is 7.51. The fourth-order valence-corrected chi connectivity index (χ4v) is 2.41. The first kappa shape index (κ1) is 11.6. The van der Waals surface area contributed by atoms with Gasteiger partial charge in [-0.2, -0.15) is 0 Å². The summed E-state index contributed by atoms with van der Waals surface area (Å²) in [7, 11) is 0. The highest BCUT2D eigenvalue weighted by atomic mass is 14.9. The van der Waals surface area contributed by atoms with Crippen molar-refractivity contribution in [2.45, 2.75) is 46.1 Å². The van der Waals surface area contributed by atoms with E-state index in [1.807, 2.05) is 13.1 Å². The van der Waals surface area contributed by atoms with Gasteiger partial charge in [-0.15, -0.1) is 0 Å². The number of hydrogen-bond donors (Lipinski definition) is 1. The molecule has 88 valence electrons. The summed E-state index contributed by atoms with van der Waals surface area (Å²) in [5, 5.41) is 3.57. The van der Waals surface area contributed by atoms with Gasteiger partial charge >= 0.3 is 0 Å². The van der Waals surface area contributed by atoms with E-state index in [9.17, 15) is 0 Å². The van der Waals surface area contributed by atoms with E-state index in [0.29, 0.717) is 5.41 Å². The van der Waals surface area contributed by atoms with E-state index in [0.717, 1.165) is 18.8 Å². The molecule has 1 saturated carbocycles. The predicted octanol–water partition coefficient (Wildman–Crippen LogP) is 3.06. The highest BCUT2D eigenvalue weighted by Crippen LogP contribution is 2.43. The van der Waals surface area contributed by atoms with Crippen LogP contribution in [0.4, 0.5) is 0 Å². The molecule has 0 spiro atoms. The lowest BCUT2D eigenvalue weighted by molar-refractivity contribution is 0.124. The minimum absolute atomic E-state index is 0.609. The summed E-state index contributed by atoms with van der Waals surface area (Å²) in [6.45, 7) is 6.46. The van der Waals surface area contributed by atoms with Crippen molar-refractivity contribution >= 4 is 0 Å². The number of aromatic nitrogens is 1. The maximum Gasteiger partial charge on any atom is 0.0372 e. The molecular formula is C14H22N2. The summed E-state index contributed by atoms with van der Waals surface area (Å²) < 4.78 is 0. The van der Waals surface area contributed by atoms with Crippen molar-refractivity contribution in [1.29, 1.82) is 0 Å². The van der Waals surface area contributed by atoms with E-state index in [2.05, 4.69) is 29.4 Å². The van der Waals surface area contributed by atoms with Crippen LogP contribution in [0.25, 0.3) is 0 Å². The molecule has 2 heteroatoms. The molecule has 0 atom stereocenters. The van der Waals surface area contributed by atoms with Crippen molar-refractivity contribution in [2.75, 3.05) is 6.54 Å². The van der Waals surface area contributed by atoms with Crippen LogP contribution in [0.3, 0.4) is 0 Å².